The van der Waals surface area contributed by atoms with Crippen LogP contribution in [-0.4, -0.2) is 68.7 Å². The first-order chi connectivity index (χ1) is 21.4. The molecule has 3 aromatic carbocycles. The number of rotatable bonds is 11. The number of aliphatic imine (C=N–C) groups is 1. The number of hydrogen-bond donors (Lipinski definition) is 3. The second-order valence-corrected chi connectivity index (χ2v) is 12.1. The van der Waals surface area contributed by atoms with Gasteiger partial charge in [-0.05, 0) is 82.4 Å². The summed E-state index contributed by atoms with van der Waals surface area (Å²) in [6.45, 7) is 10.4. The van der Waals surface area contributed by atoms with Crippen LogP contribution in [0.15, 0.2) is 59.6 Å². The van der Waals surface area contributed by atoms with E-state index in [1.54, 1.807) is 6.07 Å². The van der Waals surface area contributed by atoms with Crippen molar-refractivity contribution in [1.29, 1.82) is 0 Å². The fourth-order valence-electron chi connectivity index (χ4n) is 6.02. The average molecular weight is 603 g/mol. The average Bonchev–Trinajstić information content (AvgIpc) is 3.05. The molecule has 2 fully saturated rings. The van der Waals surface area contributed by atoms with Gasteiger partial charge in [0.15, 0.2) is 5.90 Å². The van der Waals surface area contributed by atoms with Crippen molar-refractivity contribution in [2.24, 2.45) is 16.6 Å². The number of nitrogens with two attached hydrogens (primary N) is 1. The Morgan fingerprint density at radius 2 is 1.66 bits per heavy atom. The third kappa shape index (κ3) is 8.34. The lowest BCUT2D eigenvalue weighted by Crippen LogP contribution is -2.38. The minimum atomic E-state index is -0.414. The monoisotopic (exact) mass is 602 g/mol. The normalized spacial score (nSPS) is 17.8. The van der Waals surface area contributed by atoms with Gasteiger partial charge in [0.1, 0.15) is 17.7 Å². The van der Waals surface area contributed by atoms with Crippen LogP contribution in [0, 0.1) is 11.7 Å². The Balaban J connectivity index is 1.31. The number of halogens is 1. The summed E-state index contributed by atoms with van der Waals surface area (Å²) in [6, 6.07) is 16.0. The number of amides is 1. The Labute approximate surface area is 260 Å². The summed E-state index contributed by atoms with van der Waals surface area (Å²) in [5, 5.41) is 8.17. The molecule has 3 aromatic rings. The Morgan fingerprint density at radius 3 is 2.39 bits per heavy atom. The molecule has 0 spiro atoms. The molecular weight excluding hydrogens is 555 g/mol. The Bertz CT molecular complexity index is 1430. The SMILES string of the molecule is CC(/N=C(/Oc1ccc(NC(=O)c2cc(F)cc(N3CCCCC3)c2)c2ccccc12)C(C)CN)NCCN1CCCCC1. The number of ether oxygens (including phenoxy) is 1. The zero-order valence-electron chi connectivity index (χ0n) is 26.2. The minimum Gasteiger partial charge on any atom is -0.442 e. The van der Waals surface area contributed by atoms with E-state index in [1.807, 2.05) is 50.2 Å². The third-order valence-corrected chi connectivity index (χ3v) is 8.63. The molecule has 2 aliphatic rings. The van der Waals surface area contributed by atoms with E-state index in [2.05, 4.69) is 20.4 Å². The van der Waals surface area contributed by atoms with E-state index >= 15 is 0 Å². The number of nitrogens with zero attached hydrogens (tertiary/aromatic N) is 3. The van der Waals surface area contributed by atoms with Crippen molar-refractivity contribution in [3.05, 3.63) is 66.0 Å². The first kappa shape index (κ1) is 31.9. The Hall–Kier alpha value is -3.53. The number of hydrogen-bond acceptors (Lipinski definition) is 7. The molecule has 0 aromatic heterocycles. The van der Waals surface area contributed by atoms with Crippen molar-refractivity contribution in [2.75, 3.05) is 56.0 Å². The van der Waals surface area contributed by atoms with Crippen molar-refractivity contribution in [1.82, 2.24) is 10.2 Å². The molecular formula is C35H47FN6O2. The lowest BCUT2D eigenvalue weighted by molar-refractivity contribution is 0.102. The highest BCUT2D eigenvalue weighted by atomic mass is 19.1. The molecule has 5 rings (SSSR count). The van der Waals surface area contributed by atoms with Gasteiger partial charge in [0, 0.05) is 66.4 Å². The standard InChI is InChI=1S/C35H47FN6O2/c1-25(24-37)35(39-26(2)38-15-20-41-16-7-3-8-17-41)44-33-14-13-32(30-11-5-6-12-31(30)33)40-34(43)27-21-28(36)23-29(22-27)42-18-9-4-10-19-42/h5-6,11-14,21-23,25-26,38H,3-4,7-10,15-20,24,37H2,1-2H3,(H,40,43)/b39-35+. The van der Waals surface area contributed by atoms with E-state index < -0.39 is 5.82 Å². The van der Waals surface area contributed by atoms with Gasteiger partial charge in [0.05, 0.1) is 0 Å². The maximum Gasteiger partial charge on any atom is 0.255 e. The number of nitrogens with one attached hydrogen (secondary N) is 2. The molecule has 8 nitrogen and oxygen atoms in total. The van der Waals surface area contributed by atoms with Crippen LogP contribution in [-0.2, 0) is 0 Å². The number of benzene rings is 3. The van der Waals surface area contributed by atoms with Crippen molar-refractivity contribution < 1.29 is 13.9 Å². The van der Waals surface area contributed by atoms with Gasteiger partial charge in [-0.25, -0.2) is 9.38 Å². The van der Waals surface area contributed by atoms with Crippen LogP contribution in [0.3, 0.4) is 0 Å². The molecule has 0 saturated carbocycles. The van der Waals surface area contributed by atoms with Crippen LogP contribution in [0.25, 0.3) is 10.8 Å². The summed E-state index contributed by atoms with van der Waals surface area (Å²) in [7, 11) is 0. The predicted molar refractivity (Wildman–Crippen MR) is 178 cm³/mol. The van der Waals surface area contributed by atoms with Gasteiger partial charge in [0.2, 0.25) is 0 Å². The second kappa shape index (κ2) is 15.5. The molecule has 1 amide bonds. The van der Waals surface area contributed by atoms with Gasteiger partial charge in [-0.3, -0.25) is 10.1 Å². The Kier molecular flexibility index (Phi) is 11.2. The molecule has 2 unspecified atom stereocenters. The molecule has 0 radical (unpaired) electrons. The number of carbonyl (C=O) groups is 1. The van der Waals surface area contributed by atoms with E-state index in [0.29, 0.717) is 29.4 Å². The van der Waals surface area contributed by atoms with Crippen LogP contribution in [0.2, 0.25) is 0 Å². The number of anilines is 2. The first-order valence-electron chi connectivity index (χ1n) is 16.2. The lowest BCUT2D eigenvalue weighted by Gasteiger charge is -2.29. The first-order valence-corrected chi connectivity index (χ1v) is 16.2. The number of likely N-dealkylation sites (tertiary alicyclic amines) is 1. The molecule has 2 saturated heterocycles. The van der Waals surface area contributed by atoms with E-state index in [4.69, 9.17) is 15.5 Å². The molecule has 4 N–H and O–H groups in total. The van der Waals surface area contributed by atoms with E-state index in [0.717, 1.165) is 55.5 Å². The largest absolute Gasteiger partial charge is 0.442 e. The summed E-state index contributed by atoms with van der Waals surface area (Å²) in [6.07, 6.45) is 7.08. The quantitative estimate of drug-likeness (QED) is 0.184. The van der Waals surface area contributed by atoms with Gasteiger partial charge in [-0.15, -0.1) is 0 Å². The highest BCUT2D eigenvalue weighted by Gasteiger charge is 2.19. The van der Waals surface area contributed by atoms with Gasteiger partial charge in [-0.1, -0.05) is 37.6 Å². The molecule has 9 heteroatoms. The van der Waals surface area contributed by atoms with E-state index in [-0.39, 0.29) is 18.0 Å². The van der Waals surface area contributed by atoms with Crippen molar-refractivity contribution >= 4 is 34.0 Å². The summed E-state index contributed by atoms with van der Waals surface area (Å²) in [5.74, 6) is 0.350. The van der Waals surface area contributed by atoms with Crippen LogP contribution >= 0.6 is 0 Å². The number of fused-ring (bicyclic) bond motifs is 1. The van der Waals surface area contributed by atoms with Crippen LogP contribution in [0.5, 0.6) is 5.75 Å². The van der Waals surface area contributed by atoms with Crippen LogP contribution in [0.1, 0.15) is 62.7 Å². The zero-order chi connectivity index (χ0) is 30.9. The summed E-state index contributed by atoms with van der Waals surface area (Å²) < 4.78 is 21.0. The van der Waals surface area contributed by atoms with Crippen LogP contribution < -0.4 is 26.0 Å². The Morgan fingerprint density at radius 1 is 0.955 bits per heavy atom. The number of carbonyl (C=O) groups excluding carboxylic acids is 1. The second-order valence-electron chi connectivity index (χ2n) is 12.1. The zero-order valence-corrected chi connectivity index (χ0v) is 26.2. The molecule has 2 heterocycles. The van der Waals surface area contributed by atoms with Crippen LogP contribution in [0.4, 0.5) is 15.8 Å². The summed E-state index contributed by atoms with van der Waals surface area (Å²) in [5.41, 5.74) is 7.72. The highest BCUT2D eigenvalue weighted by Crippen LogP contribution is 2.33. The van der Waals surface area contributed by atoms with Gasteiger partial charge in [0.25, 0.3) is 5.91 Å². The third-order valence-electron chi connectivity index (χ3n) is 8.63. The van der Waals surface area contributed by atoms with Gasteiger partial charge in [-0.2, -0.15) is 0 Å². The predicted octanol–water partition coefficient (Wildman–Crippen LogP) is 6.02. The summed E-state index contributed by atoms with van der Waals surface area (Å²) >= 11 is 0. The molecule has 236 valence electrons. The van der Waals surface area contributed by atoms with Crippen molar-refractivity contribution in [3.8, 4) is 5.75 Å². The molecule has 44 heavy (non-hydrogen) atoms. The van der Waals surface area contributed by atoms with Crippen molar-refractivity contribution in [2.45, 2.75) is 58.5 Å². The fourth-order valence-corrected chi connectivity index (χ4v) is 6.02. The maximum atomic E-state index is 14.6. The fraction of sp³-hybridized carbons (Fsp3) is 0.486. The molecule has 2 atom stereocenters. The molecule has 0 aliphatic carbocycles. The highest BCUT2D eigenvalue weighted by molar-refractivity contribution is 6.10. The minimum absolute atomic E-state index is 0.0819. The molecule has 0 bridgehead atoms. The van der Waals surface area contributed by atoms with E-state index in [9.17, 15) is 9.18 Å². The van der Waals surface area contributed by atoms with Crippen molar-refractivity contribution in [3.63, 3.8) is 0 Å². The van der Waals surface area contributed by atoms with E-state index in [1.165, 1.54) is 50.9 Å². The van der Waals surface area contributed by atoms with Gasteiger partial charge < -0.3 is 25.6 Å². The van der Waals surface area contributed by atoms with Gasteiger partial charge >= 0.3 is 0 Å². The number of piperidine rings is 2. The smallest absolute Gasteiger partial charge is 0.255 e. The maximum absolute atomic E-state index is 14.6. The lowest BCUT2D eigenvalue weighted by atomic mass is 10.1. The summed E-state index contributed by atoms with van der Waals surface area (Å²) in [4.78, 5) is 22.9. The topological polar surface area (TPSA) is 95.2 Å². The molecule has 2 aliphatic heterocycles.